The minimum Gasteiger partial charge on any atom is -0.396 e. The van der Waals surface area contributed by atoms with Gasteiger partial charge in [-0.25, -0.2) is 0 Å². The molecule has 2 unspecified atom stereocenters. The Morgan fingerprint density at radius 3 is 1.63 bits per heavy atom. The highest BCUT2D eigenvalue weighted by Crippen LogP contribution is 2.30. The Balaban J connectivity index is 5.76. The van der Waals surface area contributed by atoms with Gasteiger partial charge < -0.3 is 20.4 Å². The maximum absolute atomic E-state index is 11.1. The van der Waals surface area contributed by atoms with Crippen molar-refractivity contribution < 1.29 is 46.4 Å². The standard InChI is InChI=1S/C7H16O10S2/c8-3-1-2-5(10)6(11)7(4-9,18(12,13)14)19(15,16)17/h5-6,8-11H,1-4H2,(H,12,13,14)(H,15,16,17). The summed E-state index contributed by atoms with van der Waals surface area (Å²) in [5, 5.41) is 36.4. The second-order valence-corrected chi connectivity index (χ2v) is 7.41. The average Bonchev–Trinajstić information content (AvgIpc) is 2.23. The summed E-state index contributed by atoms with van der Waals surface area (Å²) in [7, 11) is -11.3. The molecule has 6 N–H and O–H groups in total. The summed E-state index contributed by atoms with van der Waals surface area (Å²) in [4.78, 5) is 0. The van der Waals surface area contributed by atoms with Crippen molar-refractivity contribution in [3.8, 4) is 0 Å². The predicted molar refractivity (Wildman–Crippen MR) is 61.2 cm³/mol. The van der Waals surface area contributed by atoms with E-state index >= 15 is 0 Å². The van der Waals surface area contributed by atoms with Gasteiger partial charge >= 0.3 is 0 Å². The van der Waals surface area contributed by atoms with Gasteiger partial charge in [-0.3, -0.25) is 9.11 Å². The highest BCUT2D eigenvalue weighted by Gasteiger charge is 2.61. The van der Waals surface area contributed by atoms with Crippen LogP contribution < -0.4 is 0 Å². The lowest BCUT2D eigenvalue weighted by atomic mass is 10.1. The van der Waals surface area contributed by atoms with Crippen LogP contribution in [0.25, 0.3) is 0 Å². The topological polar surface area (TPSA) is 190 Å². The maximum atomic E-state index is 11.1. The molecule has 0 radical (unpaired) electrons. The van der Waals surface area contributed by atoms with Crippen LogP contribution in [0.4, 0.5) is 0 Å². The van der Waals surface area contributed by atoms with Gasteiger partial charge in [0.25, 0.3) is 24.3 Å². The van der Waals surface area contributed by atoms with Gasteiger partial charge in [-0.2, -0.15) is 16.8 Å². The van der Waals surface area contributed by atoms with Crippen molar-refractivity contribution in [1.82, 2.24) is 0 Å². The molecule has 19 heavy (non-hydrogen) atoms. The summed E-state index contributed by atoms with van der Waals surface area (Å²) in [5.41, 5.74) is 0. The third-order valence-electron chi connectivity index (χ3n) is 2.57. The fourth-order valence-corrected chi connectivity index (χ4v) is 3.76. The number of hydrogen-bond donors (Lipinski definition) is 6. The van der Waals surface area contributed by atoms with Crippen molar-refractivity contribution >= 4 is 20.2 Å². The van der Waals surface area contributed by atoms with Gasteiger partial charge in [-0.05, 0) is 12.8 Å². The molecule has 0 aromatic carbocycles. The van der Waals surface area contributed by atoms with E-state index in [4.69, 9.17) is 19.3 Å². The van der Waals surface area contributed by atoms with Gasteiger partial charge in [0.1, 0.15) is 6.10 Å². The Kier molecular flexibility index (Phi) is 6.29. The van der Waals surface area contributed by atoms with Gasteiger partial charge in [-0.1, -0.05) is 0 Å². The summed E-state index contributed by atoms with van der Waals surface area (Å²) in [6.45, 7) is -2.31. The smallest absolute Gasteiger partial charge is 0.292 e. The summed E-state index contributed by atoms with van der Waals surface area (Å²) in [6, 6.07) is 0. The first-order valence-corrected chi connectivity index (χ1v) is 7.85. The Morgan fingerprint density at radius 2 is 1.37 bits per heavy atom. The molecule has 0 aliphatic heterocycles. The first-order chi connectivity index (χ1) is 8.45. The van der Waals surface area contributed by atoms with Crippen LogP contribution in [0.3, 0.4) is 0 Å². The van der Waals surface area contributed by atoms with E-state index in [-0.39, 0.29) is 6.42 Å². The number of hydrogen-bond acceptors (Lipinski definition) is 8. The van der Waals surface area contributed by atoms with E-state index < -0.39 is 56.2 Å². The van der Waals surface area contributed by atoms with E-state index in [0.717, 1.165) is 0 Å². The molecule has 0 bridgehead atoms. The molecule has 12 heteroatoms. The zero-order valence-electron chi connectivity index (χ0n) is 9.62. The molecule has 0 aromatic rings. The summed E-state index contributed by atoms with van der Waals surface area (Å²) in [6.07, 6.45) is -5.28. The summed E-state index contributed by atoms with van der Waals surface area (Å²) >= 11 is 0. The van der Waals surface area contributed by atoms with Crippen LogP contribution in [0.2, 0.25) is 0 Å². The SMILES string of the molecule is O=S(=O)(O)C(CO)(C(O)C(O)CCCO)S(=O)(=O)O. The molecule has 0 aliphatic rings. The Labute approximate surface area is 109 Å². The first-order valence-electron chi connectivity index (χ1n) is 4.97. The van der Waals surface area contributed by atoms with Crippen LogP contribution in [0, 0.1) is 0 Å². The summed E-state index contributed by atoms with van der Waals surface area (Å²) in [5.74, 6) is 0. The Morgan fingerprint density at radius 1 is 0.947 bits per heavy atom. The van der Waals surface area contributed by atoms with Crippen molar-refractivity contribution in [2.45, 2.75) is 29.1 Å². The normalized spacial score (nSPS) is 17.2. The largest absolute Gasteiger partial charge is 0.396 e. The zero-order valence-corrected chi connectivity index (χ0v) is 11.2. The molecule has 0 aromatic heterocycles. The van der Waals surface area contributed by atoms with Crippen LogP contribution in [-0.2, 0) is 20.2 Å². The average molecular weight is 324 g/mol. The van der Waals surface area contributed by atoms with Crippen molar-refractivity contribution in [2.24, 2.45) is 0 Å². The van der Waals surface area contributed by atoms with Crippen LogP contribution in [-0.4, -0.2) is 75.9 Å². The Bertz CT molecular complexity index is 448. The molecular formula is C7H16O10S2. The second kappa shape index (κ2) is 6.41. The number of aliphatic hydroxyl groups is 4. The highest BCUT2D eigenvalue weighted by atomic mass is 32.3. The van der Waals surface area contributed by atoms with Crippen LogP contribution in [0.15, 0.2) is 0 Å². The molecule has 2 atom stereocenters. The molecule has 0 saturated heterocycles. The van der Waals surface area contributed by atoms with Crippen molar-refractivity contribution in [3.05, 3.63) is 0 Å². The van der Waals surface area contributed by atoms with E-state index in [1.54, 1.807) is 0 Å². The lowest BCUT2D eigenvalue weighted by molar-refractivity contribution is -0.0114. The third kappa shape index (κ3) is 3.61. The van der Waals surface area contributed by atoms with E-state index in [1.165, 1.54) is 0 Å². The fraction of sp³-hybridized carbons (Fsp3) is 1.00. The van der Waals surface area contributed by atoms with Crippen LogP contribution in [0.1, 0.15) is 12.8 Å². The molecule has 0 heterocycles. The quantitative estimate of drug-likeness (QED) is 0.250. The second-order valence-electron chi connectivity index (χ2n) is 3.80. The molecule has 10 nitrogen and oxygen atoms in total. The molecular weight excluding hydrogens is 308 g/mol. The monoisotopic (exact) mass is 324 g/mol. The van der Waals surface area contributed by atoms with Gasteiger partial charge in [0, 0.05) is 6.61 Å². The van der Waals surface area contributed by atoms with Crippen LogP contribution in [0.5, 0.6) is 0 Å². The van der Waals surface area contributed by atoms with Gasteiger partial charge in [0.15, 0.2) is 0 Å². The van der Waals surface area contributed by atoms with E-state index in [0.29, 0.717) is 0 Å². The molecule has 0 amide bonds. The van der Waals surface area contributed by atoms with Crippen molar-refractivity contribution in [2.75, 3.05) is 13.2 Å². The minimum atomic E-state index is -5.66. The van der Waals surface area contributed by atoms with Gasteiger partial charge in [0.05, 0.1) is 12.7 Å². The molecule has 0 spiro atoms. The van der Waals surface area contributed by atoms with Crippen molar-refractivity contribution in [1.29, 1.82) is 0 Å². The van der Waals surface area contributed by atoms with E-state index in [2.05, 4.69) is 0 Å². The van der Waals surface area contributed by atoms with Gasteiger partial charge in [-0.15, -0.1) is 0 Å². The predicted octanol–water partition coefficient (Wildman–Crippen LogP) is -3.06. The van der Waals surface area contributed by atoms with Gasteiger partial charge in [0.2, 0.25) is 0 Å². The third-order valence-corrected chi connectivity index (χ3v) is 6.32. The van der Waals surface area contributed by atoms with Crippen molar-refractivity contribution in [3.63, 3.8) is 0 Å². The molecule has 116 valence electrons. The zero-order chi connectivity index (χ0) is 15.5. The Hall–Kier alpha value is -0.340. The minimum absolute atomic E-state index is 0.114. The first kappa shape index (κ1) is 18.7. The lowest BCUT2D eigenvalue weighted by Gasteiger charge is -2.32. The highest BCUT2D eigenvalue weighted by molar-refractivity contribution is 8.05. The lowest BCUT2D eigenvalue weighted by Crippen LogP contribution is -2.61. The van der Waals surface area contributed by atoms with E-state index in [9.17, 15) is 27.0 Å². The molecule has 0 rings (SSSR count). The summed E-state index contributed by atoms with van der Waals surface area (Å²) < 4.78 is 58.3. The maximum Gasteiger partial charge on any atom is 0.292 e. The number of rotatable bonds is 8. The molecule has 0 fully saturated rings. The number of aliphatic hydroxyl groups excluding tert-OH is 4. The van der Waals surface area contributed by atoms with E-state index in [1.807, 2.05) is 0 Å². The van der Waals surface area contributed by atoms with Crippen LogP contribution >= 0.6 is 0 Å². The fourth-order valence-electron chi connectivity index (χ4n) is 1.45. The molecule has 0 aliphatic carbocycles. The molecule has 0 saturated carbocycles.